The zero-order valence-corrected chi connectivity index (χ0v) is 12.0. The van der Waals surface area contributed by atoms with Gasteiger partial charge >= 0.3 is 5.97 Å². The second-order valence-electron chi connectivity index (χ2n) is 2.23. The predicted octanol–water partition coefficient (Wildman–Crippen LogP) is -0.638. The Morgan fingerprint density at radius 2 is 2.50 bits per heavy atom. The SMILES string of the molecule is N[C@@H](Cc1cnc[nH]1)C(=O)O.[Hg]. The van der Waals surface area contributed by atoms with Crippen molar-refractivity contribution in [2.45, 2.75) is 12.5 Å². The van der Waals surface area contributed by atoms with E-state index in [2.05, 4.69) is 9.97 Å². The number of aliphatic carboxylic acids is 1. The van der Waals surface area contributed by atoms with Gasteiger partial charge in [0, 0.05) is 46.0 Å². The molecule has 0 aliphatic rings. The van der Waals surface area contributed by atoms with Crippen LogP contribution >= 0.6 is 0 Å². The van der Waals surface area contributed by atoms with Crippen molar-refractivity contribution in [1.82, 2.24) is 9.97 Å². The van der Waals surface area contributed by atoms with E-state index in [-0.39, 0.29) is 34.1 Å². The van der Waals surface area contributed by atoms with Crippen LogP contribution in [0.3, 0.4) is 0 Å². The average Bonchev–Trinajstić information content (AvgIpc) is 2.39. The summed E-state index contributed by atoms with van der Waals surface area (Å²) in [4.78, 5) is 16.8. The molecule has 0 fully saturated rings. The first kappa shape index (κ1) is 11.6. The zero-order chi connectivity index (χ0) is 8.27. The van der Waals surface area contributed by atoms with E-state index in [1.54, 1.807) is 6.20 Å². The van der Waals surface area contributed by atoms with Crippen molar-refractivity contribution in [3.8, 4) is 0 Å². The second kappa shape index (κ2) is 5.26. The van der Waals surface area contributed by atoms with Crippen LogP contribution in [0.25, 0.3) is 0 Å². The van der Waals surface area contributed by atoms with E-state index >= 15 is 0 Å². The predicted molar refractivity (Wildman–Crippen MR) is 37.9 cm³/mol. The molecule has 62 valence electrons. The van der Waals surface area contributed by atoms with Crippen molar-refractivity contribution in [2.24, 2.45) is 5.73 Å². The molecule has 1 atom stereocenters. The molecule has 1 aromatic rings. The fourth-order valence-electron chi connectivity index (χ4n) is 0.721. The number of imidazole rings is 1. The van der Waals surface area contributed by atoms with Gasteiger partial charge in [-0.3, -0.25) is 4.79 Å². The normalized spacial score (nSPS) is 11.8. The zero-order valence-electron chi connectivity index (χ0n) is 6.53. The molecule has 12 heavy (non-hydrogen) atoms. The molecule has 0 aliphatic heterocycles. The number of nitrogens with zero attached hydrogens (tertiary/aromatic N) is 1. The van der Waals surface area contributed by atoms with Gasteiger partial charge in [0.15, 0.2) is 0 Å². The molecule has 0 radical (unpaired) electrons. The average molecular weight is 356 g/mol. The molecule has 1 aromatic heterocycles. The number of nitrogens with two attached hydrogens (primary N) is 1. The molecule has 0 saturated heterocycles. The molecule has 4 N–H and O–H groups in total. The van der Waals surface area contributed by atoms with Gasteiger partial charge in [-0.25, -0.2) is 4.98 Å². The summed E-state index contributed by atoms with van der Waals surface area (Å²) >= 11 is 0. The van der Waals surface area contributed by atoms with E-state index in [0.717, 1.165) is 5.69 Å². The number of rotatable bonds is 3. The van der Waals surface area contributed by atoms with Crippen molar-refractivity contribution >= 4 is 5.97 Å². The van der Waals surface area contributed by atoms with Crippen molar-refractivity contribution in [3.05, 3.63) is 18.2 Å². The van der Waals surface area contributed by atoms with E-state index in [1.807, 2.05) is 0 Å². The number of hydrogen-bond donors (Lipinski definition) is 3. The van der Waals surface area contributed by atoms with Crippen LogP contribution in [0.1, 0.15) is 5.69 Å². The number of carboxylic acids is 1. The molecule has 0 saturated carbocycles. The monoisotopic (exact) mass is 357 g/mol. The minimum Gasteiger partial charge on any atom is -0.480 e. The second-order valence-corrected chi connectivity index (χ2v) is 2.23. The van der Waals surface area contributed by atoms with Gasteiger partial charge in [-0.1, -0.05) is 0 Å². The van der Waals surface area contributed by atoms with Gasteiger partial charge < -0.3 is 15.8 Å². The minimum atomic E-state index is -1.00. The molecule has 0 spiro atoms. The fourth-order valence-corrected chi connectivity index (χ4v) is 0.721. The van der Waals surface area contributed by atoms with Gasteiger partial charge in [0.1, 0.15) is 6.04 Å². The van der Waals surface area contributed by atoms with Crippen molar-refractivity contribution in [1.29, 1.82) is 0 Å². The topological polar surface area (TPSA) is 92.0 Å². The molecule has 6 heteroatoms. The fraction of sp³-hybridized carbons (Fsp3) is 0.333. The molecule has 5 nitrogen and oxygen atoms in total. The van der Waals surface area contributed by atoms with Gasteiger partial charge in [-0.15, -0.1) is 0 Å². The minimum absolute atomic E-state index is 0. The van der Waals surface area contributed by atoms with Crippen LogP contribution in [-0.4, -0.2) is 27.1 Å². The van der Waals surface area contributed by atoms with E-state index < -0.39 is 12.0 Å². The van der Waals surface area contributed by atoms with E-state index in [9.17, 15) is 4.79 Å². The number of hydrogen-bond acceptors (Lipinski definition) is 3. The molecule has 0 bridgehead atoms. The number of nitrogens with one attached hydrogen (secondary N) is 1. The third-order valence-corrected chi connectivity index (χ3v) is 1.31. The molecule has 0 amide bonds. The number of aromatic nitrogens is 2. The van der Waals surface area contributed by atoms with Crippen LogP contribution in [0.4, 0.5) is 0 Å². The molecule has 0 unspecified atom stereocenters. The number of H-pyrrole nitrogens is 1. The van der Waals surface area contributed by atoms with Crippen molar-refractivity contribution < 1.29 is 37.6 Å². The summed E-state index contributed by atoms with van der Waals surface area (Å²) in [6.45, 7) is 0. The molecule has 0 aliphatic carbocycles. The summed E-state index contributed by atoms with van der Waals surface area (Å²) in [6, 6.07) is -0.851. The van der Waals surface area contributed by atoms with Crippen LogP contribution in [0.5, 0.6) is 0 Å². The Labute approximate surface area is 89.9 Å². The first-order valence-corrected chi connectivity index (χ1v) is 3.16. The summed E-state index contributed by atoms with van der Waals surface area (Å²) < 4.78 is 0. The third kappa shape index (κ3) is 3.31. The smallest absolute Gasteiger partial charge is 0.320 e. The van der Waals surface area contributed by atoms with Crippen LogP contribution in [0, 0.1) is 0 Å². The Balaban J connectivity index is 0.00000121. The quantitative estimate of drug-likeness (QED) is 0.629. The summed E-state index contributed by atoms with van der Waals surface area (Å²) in [5.41, 5.74) is 6.00. The summed E-state index contributed by atoms with van der Waals surface area (Å²) in [5.74, 6) is -1.00. The maximum atomic E-state index is 10.3. The van der Waals surface area contributed by atoms with E-state index in [0.29, 0.717) is 0 Å². The first-order valence-electron chi connectivity index (χ1n) is 3.16. The number of aromatic amines is 1. The molecule has 1 heterocycles. The number of carboxylic acid groups (broad SMARTS) is 1. The standard InChI is InChI=1S/C6H9N3O2.Hg/c7-5(6(10)11)1-4-2-8-3-9-4;/h2-3,5H,1,7H2,(H,8,9)(H,10,11);/t5-;/m0./s1. The Kier molecular flexibility index (Phi) is 5.07. The van der Waals surface area contributed by atoms with E-state index in [4.69, 9.17) is 10.8 Å². The maximum absolute atomic E-state index is 10.3. The van der Waals surface area contributed by atoms with Gasteiger partial charge in [0.25, 0.3) is 0 Å². The van der Waals surface area contributed by atoms with E-state index in [1.165, 1.54) is 6.33 Å². The third-order valence-electron chi connectivity index (χ3n) is 1.31. The summed E-state index contributed by atoms with van der Waals surface area (Å²) in [7, 11) is 0. The van der Waals surface area contributed by atoms with Crippen LogP contribution in [0.2, 0.25) is 0 Å². The van der Waals surface area contributed by atoms with Crippen LogP contribution in [-0.2, 0) is 38.9 Å². The Morgan fingerprint density at radius 3 is 2.92 bits per heavy atom. The Morgan fingerprint density at radius 1 is 1.83 bits per heavy atom. The van der Waals surface area contributed by atoms with Crippen molar-refractivity contribution in [2.75, 3.05) is 0 Å². The Hall–Kier alpha value is -0.425. The maximum Gasteiger partial charge on any atom is 0.320 e. The summed E-state index contributed by atoms with van der Waals surface area (Å²) in [6.07, 6.45) is 3.34. The van der Waals surface area contributed by atoms with Crippen LogP contribution in [0.15, 0.2) is 12.5 Å². The molecular weight excluding hydrogens is 347 g/mol. The van der Waals surface area contributed by atoms with Crippen LogP contribution < -0.4 is 5.73 Å². The van der Waals surface area contributed by atoms with Gasteiger partial charge in [0.05, 0.1) is 6.33 Å². The largest absolute Gasteiger partial charge is 0.480 e. The van der Waals surface area contributed by atoms with Gasteiger partial charge in [-0.05, 0) is 0 Å². The van der Waals surface area contributed by atoms with Crippen molar-refractivity contribution in [3.63, 3.8) is 0 Å². The summed E-state index contributed by atoms with van der Waals surface area (Å²) in [5, 5.41) is 8.42. The Bertz CT molecular complexity index is 237. The molecule has 1 rings (SSSR count). The van der Waals surface area contributed by atoms with Gasteiger partial charge in [0.2, 0.25) is 0 Å². The number of carbonyl (C=O) groups is 1. The van der Waals surface area contributed by atoms with Gasteiger partial charge in [-0.2, -0.15) is 0 Å². The molecular formula is C6H9HgN3O2. The first-order chi connectivity index (χ1) is 5.20. The molecule has 0 aromatic carbocycles.